The average Bonchev–Trinajstić information content (AvgIpc) is 3.55. The third-order valence-corrected chi connectivity index (χ3v) is 10.8. The van der Waals surface area contributed by atoms with Gasteiger partial charge in [0.15, 0.2) is 12.3 Å². The van der Waals surface area contributed by atoms with Crippen LogP contribution in [0.1, 0.15) is 51.9 Å². The fourth-order valence-corrected chi connectivity index (χ4v) is 7.87. The van der Waals surface area contributed by atoms with Crippen molar-refractivity contribution in [3.63, 3.8) is 0 Å². The lowest BCUT2D eigenvalue weighted by Crippen LogP contribution is -2.57. The monoisotopic (exact) mass is 626 g/mol. The van der Waals surface area contributed by atoms with Crippen molar-refractivity contribution in [1.29, 1.82) is 0 Å². The Kier molecular flexibility index (Phi) is 8.08. The molecule has 2 bridgehead atoms. The number of aromatic nitrogens is 6. The molecule has 2 aromatic carbocycles. The summed E-state index contributed by atoms with van der Waals surface area (Å²) in [6, 6.07) is 12.7. The van der Waals surface area contributed by atoms with E-state index in [2.05, 4.69) is 58.6 Å². The van der Waals surface area contributed by atoms with Crippen molar-refractivity contribution < 1.29 is 4.39 Å². The number of halogens is 1. The number of piperazine rings is 1. The van der Waals surface area contributed by atoms with E-state index in [1.165, 1.54) is 29.7 Å². The molecule has 4 aliphatic rings. The number of aliphatic imine (C=N–C) groups is 1. The Morgan fingerprint density at radius 2 is 1.98 bits per heavy atom. The normalized spacial score (nSPS) is 25.8. The van der Waals surface area contributed by atoms with Crippen LogP contribution >= 0.6 is 0 Å². The van der Waals surface area contributed by atoms with E-state index < -0.39 is 0 Å². The van der Waals surface area contributed by atoms with Crippen LogP contribution in [0.2, 0.25) is 0 Å². The van der Waals surface area contributed by atoms with Gasteiger partial charge in [-0.05, 0) is 90.5 Å². The van der Waals surface area contributed by atoms with Crippen LogP contribution in [0.25, 0.3) is 10.9 Å². The molecule has 1 saturated heterocycles. The van der Waals surface area contributed by atoms with Gasteiger partial charge in [0.05, 0.1) is 16.9 Å². The number of hydrogen-bond donors (Lipinski definition) is 2. The number of tetrazole rings is 1. The topological polar surface area (TPSA) is 118 Å². The SMILES string of the molecule is C[C@@H]1[C@@H](N=C(Nc2ccc3c(=O)n(CCc4ccc(F)cc4)c(Cn4ncnn4)nc3c2)N2CCN[C@@H](C)C2)C[C@H]2C[C@@H]1C2(C)C. The number of hydrogen-bond acceptors (Lipinski definition) is 7. The number of fused-ring (bicyclic) bond motifs is 3. The van der Waals surface area contributed by atoms with Crippen LogP contribution in [0.4, 0.5) is 10.1 Å². The quantitative estimate of drug-likeness (QED) is 0.234. The maximum atomic E-state index is 13.9. The van der Waals surface area contributed by atoms with E-state index >= 15 is 0 Å². The summed E-state index contributed by atoms with van der Waals surface area (Å²) in [5, 5.41) is 19.7. The zero-order valence-electron chi connectivity index (χ0n) is 27.0. The molecule has 5 atom stereocenters. The first-order valence-electron chi connectivity index (χ1n) is 16.5. The van der Waals surface area contributed by atoms with E-state index in [4.69, 9.17) is 9.98 Å². The maximum Gasteiger partial charge on any atom is 0.261 e. The summed E-state index contributed by atoms with van der Waals surface area (Å²) in [4.78, 5) is 28.0. The van der Waals surface area contributed by atoms with Crippen LogP contribution in [0.5, 0.6) is 0 Å². The molecule has 4 aromatic rings. The molecule has 1 aliphatic heterocycles. The van der Waals surface area contributed by atoms with Gasteiger partial charge < -0.3 is 15.5 Å². The lowest BCUT2D eigenvalue weighted by atomic mass is 9.45. The molecule has 12 heteroatoms. The summed E-state index contributed by atoms with van der Waals surface area (Å²) < 4.78 is 15.1. The zero-order valence-corrected chi connectivity index (χ0v) is 27.0. The van der Waals surface area contributed by atoms with E-state index in [-0.39, 0.29) is 24.0 Å². The predicted molar refractivity (Wildman–Crippen MR) is 176 cm³/mol. The minimum atomic E-state index is -0.288. The molecule has 242 valence electrons. The number of anilines is 1. The highest BCUT2D eigenvalue weighted by Gasteiger charge is 2.56. The molecule has 4 fully saturated rings. The second kappa shape index (κ2) is 12.2. The zero-order chi connectivity index (χ0) is 32.0. The second-order valence-electron chi connectivity index (χ2n) is 14.0. The molecule has 11 nitrogen and oxygen atoms in total. The highest BCUT2D eigenvalue weighted by atomic mass is 19.1. The third-order valence-electron chi connectivity index (χ3n) is 10.8. The molecule has 3 heterocycles. The molecule has 3 saturated carbocycles. The minimum Gasteiger partial charge on any atom is -0.340 e. The smallest absolute Gasteiger partial charge is 0.261 e. The highest BCUT2D eigenvalue weighted by molar-refractivity contribution is 5.96. The van der Waals surface area contributed by atoms with E-state index in [0.29, 0.717) is 53.0 Å². The van der Waals surface area contributed by atoms with Crippen LogP contribution < -0.4 is 16.2 Å². The number of guanidine groups is 1. The number of rotatable bonds is 7. The molecule has 2 N–H and O–H groups in total. The van der Waals surface area contributed by atoms with Gasteiger partial charge in [0.2, 0.25) is 0 Å². The van der Waals surface area contributed by atoms with Crippen molar-refractivity contribution in [3.05, 3.63) is 76.4 Å². The molecule has 2 aromatic heterocycles. The minimum absolute atomic E-state index is 0.142. The van der Waals surface area contributed by atoms with Crippen LogP contribution in [0, 0.1) is 29.0 Å². The van der Waals surface area contributed by atoms with Gasteiger partial charge in [-0.25, -0.2) is 14.4 Å². The van der Waals surface area contributed by atoms with Gasteiger partial charge in [-0.2, -0.15) is 4.80 Å². The molecule has 46 heavy (non-hydrogen) atoms. The first kappa shape index (κ1) is 30.5. The summed E-state index contributed by atoms with van der Waals surface area (Å²) in [6.07, 6.45) is 4.34. The number of benzene rings is 2. The Bertz CT molecular complexity index is 1780. The lowest BCUT2D eigenvalue weighted by molar-refractivity contribution is -0.108. The molecular weight excluding hydrogens is 583 g/mol. The summed E-state index contributed by atoms with van der Waals surface area (Å²) in [5.74, 6) is 3.08. The van der Waals surface area contributed by atoms with Crippen molar-refractivity contribution in [1.82, 2.24) is 40.0 Å². The van der Waals surface area contributed by atoms with E-state index in [1.54, 1.807) is 16.7 Å². The van der Waals surface area contributed by atoms with Gasteiger partial charge >= 0.3 is 0 Å². The fourth-order valence-electron chi connectivity index (χ4n) is 7.87. The van der Waals surface area contributed by atoms with Gasteiger partial charge in [0.25, 0.3) is 5.56 Å². The molecular formula is C34H43FN10O. The first-order valence-corrected chi connectivity index (χ1v) is 16.5. The number of nitrogens with one attached hydrogen (secondary N) is 2. The van der Waals surface area contributed by atoms with E-state index in [0.717, 1.165) is 49.2 Å². The highest BCUT2D eigenvalue weighted by Crippen LogP contribution is 2.61. The predicted octanol–water partition coefficient (Wildman–Crippen LogP) is 3.95. The Balaban J connectivity index is 1.21. The van der Waals surface area contributed by atoms with Crippen LogP contribution in [0.3, 0.4) is 0 Å². The van der Waals surface area contributed by atoms with Gasteiger partial charge in [0, 0.05) is 37.9 Å². The molecule has 0 radical (unpaired) electrons. The van der Waals surface area contributed by atoms with Gasteiger partial charge in [-0.3, -0.25) is 9.36 Å². The average molecular weight is 627 g/mol. The van der Waals surface area contributed by atoms with Crippen LogP contribution in [-0.4, -0.2) is 72.3 Å². The Morgan fingerprint density at radius 3 is 2.70 bits per heavy atom. The van der Waals surface area contributed by atoms with Crippen LogP contribution in [0.15, 0.2) is 58.6 Å². The Hall–Kier alpha value is -4.19. The van der Waals surface area contributed by atoms with Gasteiger partial charge in [-0.15, -0.1) is 10.2 Å². The molecule has 8 rings (SSSR count). The van der Waals surface area contributed by atoms with Crippen LogP contribution in [-0.2, 0) is 19.5 Å². The number of nitrogens with zero attached hydrogens (tertiary/aromatic N) is 8. The maximum absolute atomic E-state index is 13.9. The van der Waals surface area contributed by atoms with Gasteiger partial charge in [-0.1, -0.05) is 32.9 Å². The largest absolute Gasteiger partial charge is 0.340 e. The van der Waals surface area contributed by atoms with Crippen molar-refractivity contribution in [3.8, 4) is 0 Å². The van der Waals surface area contributed by atoms with Crippen molar-refractivity contribution in [2.75, 3.05) is 25.0 Å². The molecule has 0 amide bonds. The molecule has 3 aliphatic carbocycles. The summed E-state index contributed by atoms with van der Waals surface area (Å²) in [7, 11) is 0. The third kappa shape index (κ3) is 5.90. The lowest BCUT2D eigenvalue weighted by Gasteiger charge is -2.61. The Labute approximate surface area is 268 Å². The molecule has 0 spiro atoms. The Morgan fingerprint density at radius 1 is 1.15 bits per heavy atom. The first-order chi connectivity index (χ1) is 22.2. The van der Waals surface area contributed by atoms with E-state index in [9.17, 15) is 9.18 Å². The second-order valence-corrected chi connectivity index (χ2v) is 14.0. The van der Waals surface area contributed by atoms with Crippen molar-refractivity contribution in [2.45, 2.75) is 72.1 Å². The van der Waals surface area contributed by atoms with Crippen molar-refractivity contribution in [2.24, 2.45) is 28.2 Å². The standard InChI is InChI=1S/C34H43FN10O/c1-21-18-43(14-12-36-21)33(41-29-16-24-15-28(22(29)2)34(24,3)4)39-26-9-10-27-30(17-26)40-31(19-45-38-20-37-42-45)44(32(27)46)13-11-23-5-7-25(35)8-6-23/h5-10,17,20-22,24,28-29,36H,11-16,18-19H2,1-4H3,(H,39,41)/t21-,22-,24+,28-,29-/m0/s1. The summed E-state index contributed by atoms with van der Waals surface area (Å²) >= 11 is 0. The molecule has 0 unspecified atom stereocenters. The summed E-state index contributed by atoms with van der Waals surface area (Å²) in [5.41, 5.74) is 2.62. The van der Waals surface area contributed by atoms with Gasteiger partial charge in [0.1, 0.15) is 18.2 Å². The number of aryl methyl sites for hydroxylation is 1. The van der Waals surface area contributed by atoms with Crippen molar-refractivity contribution >= 4 is 22.5 Å². The van der Waals surface area contributed by atoms with E-state index in [1.807, 2.05) is 18.2 Å². The fraction of sp³-hybridized carbons (Fsp3) is 0.529. The summed E-state index contributed by atoms with van der Waals surface area (Å²) in [6.45, 7) is 12.6.